The Bertz CT molecular complexity index is 669. The van der Waals surface area contributed by atoms with Crippen molar-refractivity contribution in [3.05, 3.63) is 16.0 Å². The fourth-order valence-corrected chi connectivity index (χ4v) is 4.56. The van der Waals surface area contributed by atoms with Crippen molar-refractivity contribution in [1.82, 2.24) is 0 Å². The molecule has 0 aromatic carbocycles. The van der Waals surface area contributed by atoms with Gasteiger partial charge in [0.1, 0.15) is 11.1 Å². The lowest BCUT2D eigenvalue weighted by Gasteiger charge is -2.25. The van der Waals surface area contributed by atoms with Crippen molar-refractivity contribution >= 4 is 28.2 Å². The van der Waals surface area contributed by atoms with Gasteiger partial charge in [0.25, 0.3) is 0 Å². The summed E-state index contributed by atoms with van der Waals surface area (Å²) in [7, 11) is 0. The third kappa shape index (κ3) is 3.62. The molecule has 5 nitrogen and oxygen atoms in total. The number of nitrogens with zero attached hydrogens (tertiary/aromatic N) is 1. The van der Waals surface area contributed by atoms with Crippen LogP contribution in [0, 0.1) is 16.7 Å². The molecule has 2 N–H and O–H groups in total. The lowest BCUT2D eigenvalue weighted by atomic mass is 9.79. The summed E-state index contributed by atoms with van der Waals surface area (Å²) in [5.41, 5.74) is 0.607. The molecule has 0 saturated heterocycles. The second kappa shape index (κ2) is 7.80. The van der Waals surface area contributed by atoms with E-state index >= 15 is 0 Å². The smallest absolute Gasteiger partial charge is 0.310 e. The first-order valence-corrected chi connectivity index (χ1v) is 9.37. The standard InChI is InChI=1S/C18H24N2O3S/c1-3-18(4-2,17(22)23)10-15(21)20-16-13(11-19)12-8-6-5-7-9-14(12)24-16/h3-10H2,1-2H3,(H,20,21)(H,22,23). The maximum absolute atomic E-state index is 12.4. The molecule has 0 saturated carbocycles. The van der Waals surface area contributed by atoms with E-state index in [1.165, 1.54) is 22.6 Å². The van der Waals surface area contributed by atoms with Crippen molar-refractivity contribution in [3.63, 3.8) is 0 Å². The van der Waals surface area contributed by atoms with Crippen molar-refractivity contribution in [2.45, 2.75) is 65.2 Å². The summed E-state index contributed by atoms with van der Waals surface area (Å²) in [5, 5.41) is 22.4. The quantitative estimate of drug-likeness (QED) is 0.757. The minimum Gasteiger partial charge on any atom is -0.481 e. The number of nitriles is 1. The van der Waals surface area contributed by atoms with Gasteiger partial charge < -0.3 is 10.4 Å². The average Bonchev–Trinajstić information content (AvgIpc) is 2.72. The largest absolute Gasteiger partial charge is 0.481 e. The molecule has 0 radical (unpaired) electrons. The van der Waals surface area contributed by atoms with Gasteiger partial charge in [-0.15, -0.1) is 11.3 Å². The molecule has 0 spiro atoms. The molecule has 1 aliphatic carbocycles. The zero-order valence-corrected chi connectivity index (χ0v) is 15.1. The van der Waals surface area contributed by atoms with E-state index in [0.717, 1.165) is 31.2 Å². The van der Waals surface area contributed by atoms with Gasteiger partial charge in [0, 0.05) is 11.3 Å². The number of thiophene rings is 1. The van der Waals surface area contributed by atoms with Crippen molar-refractivity contribution < 1.29 is 14.7 Å². The number of carbonyl (C=O) groups excluding carboxylic acids is 1. The molecule has 24 heavy (non-hydrogen) atoms. The molecule has 0 fully saturated rings. The summed E-state index contributed by atoms with van der Waals surface area (Å²) in [6.07, 6.45) is 5.92. The highest BCUT2D eigenvalue weighted by Crippen LogP contribution is 2.38. The summed E-state index contributed by atoms with van der Waals surface area (Å²) in [4.78, 5) is 25.2. The Balaban J connectivity index is 2.21. The van der Waals surface area contributed by atoms with Crippen molar-refractivity contribution in [2.75, 3.05) is 5.32 Å². The molecule has 0 atom stereocenters. The van der Waals surface area contributed by atoms with Crippen LogP contribution in [-0.2, 0) is 22.4 Å². The van der Waals surface area contributed by atoms with Crippen LogP contribution >= 0.6 is 11.3 Å². The average molecular weight is 348 g/mol. The first-order valence-electron chi connectivity index (χ1n) is 8.55. The van der Waals surface area contributed by atoms with Crippen LogP contribution in [0.1, 0.15) is 68.4 Å². The highest BCUT2D eigenvalue weighted by Gasteiger charge is 2.37. The third-order valence-corrected chi connectivity index (χ3v) is 6.30. The van der Waals surface area contributed by atoms with Crippen LogP contribution in [0.3, 0.4) is 0 Å². The van der Waals surface area contributed by atoms with Gasteiger partial charge in [-0.2, -0.15) is 5.26 Å². The van der Waals surface area contributed by atoms with Gasteiger partial charge in [0.05, 0.1) is 11.0 Å². The van der Waals surface area contributed by atoms with Gasteiger partial charge in [0.15, 0.2) is 0 Å². The maximum Gasteiger partial charge on any atom is 0.310 e. The van der Waals surface area contributed by atoms with E-state index in [1.807, 2.05) is 0 Å². The number of fused-ring (bicyclic) bond motifs is 1. The molecule has 1 aromatic rings. The molecule has 6 heteroatoms. The number of aryl methyl sites for hydroxylation is 1. The van der Waals surface area contributed by atoms with Crippen molar-refractivity contribution in [1.29, 1.82) is 5.26 Å². The molecular formula is C18H24N2O3S. The Kier molecular flexibility index (Phi) is 6.00. The molecule has 1 aliphatic rings. The number of rotatable bonds is 6. The van der Waals surface area contributed by atoms with Gasteiger partial charge >= 0.3 is 5.97 Å². The van der Waals surface area contributed by atoms with E-state index < -0.39 is 11.4 Å². The van der Waals surface area contributed by atoms with E-state index in [1.54, 1.807) is 13.8 Å². The second-order valence-electron chi connectivity index (χ2n) is 6.40. The Hall–Kier alpha value is -1.87. The van der Waals surface area contributed by atoms with E-state index in [2.05, 4.69) is 11.4 Å². The highest BCUT2D eigenvalue weighted by atomic mass is 32.1. The van der Waals surface area contributed by atoms with Gasteiger partial charge in [-0.25, -0.2) is 0 Å². The maximum atomic E-state index is 12.4. The van der Waals surface area contributed by atoms with Gasteiger partial charge in [-0.3, -0.25) is 9.59 Å². The number of hydrogen-bond acceptors (Lipinski definition) is 4. The monoisotopic (exact) mass is 348 g/mol. The zero-order chi connectivity index (χ0) is 17.7. The molecule has 130 valence electrons. The Morgan fingerprint density at radius 2 is 1.92 bits per heavy atom. The topological polar surface area (TPSA) is 90.2 Å². The molecule has 0 bridgehead atoms. The number of nitrogens with one attached hydrogen (secondary N) is 1. The van der Waals surface area contributed by atoms with Gasteiger partial charge in [-0.1, -0.05) is 20.3 Å². The van der Waals surface area contributed by atoms with E-state index in [9.17, 15) is 20.0 Å². The SMILES string of the molecule is CCC(CC)(CC(=O)Nc1sc2c(c1C#N)CCCCC2)C(=O)O. The van der Waals surface area contributed by atoms with Crippen LogP contribution < -0.4 is 5.32 Å². The number of carboxylic acids is 1. The van der Waals surface area contributed by atoms with E-state index in [0.29, 0.717) is 23.4 Å². The Labute approximate surface area is 146 Å². The highest BCUT2D eigenvalue weighted by molar-refractivity contribution is 7.16. The first kappa shape index (κ1) is 18.5. The molecule has 0 aliphatic heterocycles. The van der Waals surface area contributed by atoms with Crippen LogP contribution in [0.2, 0.25) is 0 Å². The van der Waals surface area contributed by atoms with Crippen LogP contribution in [0.25, 0.3) is 0 Å². The lowest BCUT2D eigenvalue weighted by molar-refractivity contribution is -0.151. The van der Waals surface area contributed by atoms with Crippen molar-refractivity contribution in [2.24, 2.45) is 5.41 Å². The normalized spacial score (nSPS) is 14.4. The summed E-state index contributed by atoms with van der Waals surface area (Å²) in [6, 6.07) is 2.23. The predicted molar refractivity (Wildman–Crippen MR) is 94.2 cm³/mol. The second-order valence-corrected chi connectivity index (χ2v) is 7.50. The number of amides is 1. The minimum atomic E-state index is -1.04. The number of anilines is 1. The van der Waals surface area contributed by atoms with Crippen LogP contribution in [0.15, 0.2) is 0 Å². The first-order chi connectivity index (χ1) is 11.5. The van der Waals surface area contributed by atoms with E-state index in [-0.39, 0.29) is 12.3 Å². The molecular weight excluding hydrogens is 324 g/mol. The molecule has 1 amide bonds. The molecule has 1 aromatic heterocycles. The molecule has 0 unspecified atom stereocenters. The zero-order valence-electron chi connectivity index (χ0n) is 14.3. The van der Waals surface area contributed by atoms with Crippen LogP contribution in [-0.4, -0.2) is 17.0 Å². The molecule has 1 heterocycles. The fourth-order valence-electron chi connectivity index (χ4n) is 3.31. The van der Waals surface area contributed by atoms with Crippen molar-refractivity contribution in [3.8, 4) is 6.07 Å². The third-order valence-electron chi connectivity index (χ3n) is 5.09. The lowest BCUT2D eigenvalue weighted by Crippen LogP contribution is -2.34. The number of carboxylic acid groups (broad SMARTS) is 1. The summed E-state index contributed by atoms with van der Waals surface area (Å²) in [5.74, 6) is -1.26. The van der Waals surface area contributed by atoms with Crippen LogP contribution in [0.5, 0.6) is 0 Å². The Morgan fingerprint density at radius 1 is 1.25 bits per heavy atom. The van der Waals surface area contributed by atoms with Crippen LogP contribution in [0.4, 0.5) is 5.00 Å². The Morgan fingerprint density at radius 3 is 2.50 bits per heavy atom. The predicted octanol–water partition coefficient (Wildman–Crippen LogP) is 4.11. The van der Waals surface area contributed by atoms with Gasteiger partial charge in [-0.05, 0) is 44.1 Å². The summed E-state index contributed by atoms with van der Waals surface area (Å²) >= 11 is 1.48. The van der Waals surface area contributed by atoms with Gasteiger partial charge in [0.2, 0.25) is 5.91 Å². The number of aliphatic carboxylic acids is 1. The summed E-state index contributed by atoms with van der Waals surface area (Å²) in [6.45, 7) is 3.58. The number of hydrogen-bond donors (Lipinski definition) is 2. The molecule has 2 rings (SSSR count). The van der Waals surface area contributed by atoms with E-state index in [4.69, 9.17) is 0 Å². The number of carbonyl (C=O) groups is 2. The summed E-state index contributed by atoms with van der Waals surface area (Å²) < 4.78 is 0. The minimum absolute atomic E-state index is 0.0667. The fraction of sp³-hybridized carbons (Fsp3) is 0.611.